The fourth-order valence-electron chi connectivity index (χ4n) is 4.03. The summed E-state index contributed by atoms with van der Waals surface area (Å²) in [5, 5.41) is 9.81. The second kappa shape index (κ2) is 10.1. The van der Waals surface area contributed by atoms with Crippen LogP contribution in [0.4, 0.5) is 5.69 Å². The van der Waals surface area contributed by atoms with Gasteiger partial charge in [-0.05, 0) is 67.6 Å². The Balaban J connectivity index is 1.94. The average Bonchev–Trinajstić information content (AvgIpc) is 2.76. The molecule has 0 aliphatic heterocycles. The molecule has 0 unspecified atom stereocenters. The molecule has 7 heteroatoms. The van der Waals surface area contributed by atoms with Gasteiger partial charge in [0.05, 0.1) is 16.1 Å². The van der Waals surface area contributed by atoms with Gasteiger partial charge in [0.2, 0.25) is 0 Å². The van der Waals surface area contributed by atoms with Crippen molar-refractivity contribution in [2.45, 2.75) is 44.4 Å². The van der Waals surface area contributed by atoms with Crippen LogP contribution in [0.1, 0.15) is 53.7 Å². The van der Waals surface area contributed by atoms with Gasteiger partial charge >= 0.3 is 5.97 Å². The zero-order chi connectivity index (χ0) is 22.4. The Morgan fingerprint density at radius 1 is 1.10 bits per heavy atom. The molecule has 31 heavy (non-hydrogen) atoms. The standard InChI is InChI=1S/C24H30N2O4S/c1-3-26(4-2)17-9-12-19-11-6-8-14-22(19)31(29,30)25-21-16-15-18-10-5-7-13-20(18)23(21)24(27)28/h6,8-9,11-12,14-16,25H,3-5,7,10,13,17H2,1-2H3,(H,27,28). The lowest BCUT2D eigenvalue weighted by Gasteiger charge is -2.21. The number of nitrogens with one attached hydrogen (secondary N) is 1. The number of carbonyl (C=O) groups is 1. The van der Waals surface area contributed by atoms with Crippen LogP contribution in [0, 0.1) is 0 Å². The Hall–Kier alpha value is -2.64. The maximum absolute atomic E-state index is 13.2. The van der Waals surface area contributed by atoms with Gasteiger partial charge in [-0.1, -0.05) is 50.3 Å². The van der Waals surface area contributed by atoms with E-state index in [1.165, 1.54) is 6.07 Å². The first kappa shape index (κ1) is 23.0. The number of likely N-dealkylation sites (N-methyl/N-ethyl adjacent to an activating group) is 1. The van der Waals surface area contributed by atoms with Crippen LogP contribution < -0.4 is 4.72 Å². The fourth-order valence-corrected chi connectivity index (χ4v) is 5.30. The van der Waals surface area contributed by atoms with Crippen LogP contribution in [0.25, 0.3) is 6.08 Å². The first-order valence-corrected chi connectivity index (χ1v) is 12.2. The summed E-state index contributed by atoms with van der Waals surface area (Å²) in [6, 6.07) is 10.2. The Morgan fingerprint density at radius 3 is 2.52 bits per heavy atom. The molecule has 0 bridgehead atoms. The van der Waals surface area contributed by atoms with Gasteiger partial charge in [-0.3, -0.25) is 4.72 Å². The van der Waals surface area contributed by atoms with E-state index in [4.69, 9.17) is 0 Å². The predicted molar refractivity (Wildman–Crippen MR) is 124 cm³/mol. The zero-order valence-electron chi connectivity index (χ0n) is 18.1. The number of hydrogen-bond acceptors (Lipinski definition) is 4. The Bertz CT molecular complexity index is 1070. The number of carboxylic acid groups (broad SMARTS) is 1. The number of benzene rings is 2. The third-order valence-electron chi connectivity index (χ3n) is 5.75. The molecule has 3 rings (SSSR count). The second-order valence-electron chi connectivity index (χ2n) is 7.67. The molecule has 1 aliphatic carbocycles. The Kier molecular flexibility index (Phi) is 7.51. The summed E-state index contributed by atoms with van der Waals surface area (Å²) >= 11 is 0. The van der Waals surface area contributed by atoms with Crippen molar-refractivity contribution in [2.24, 2.45) is 0 Å². The summed E-state index contributed by atoms with van der Waals surface area (Å²) < 4.78 is 29.0. The SMILES string of the molecule is CCN(CC)CC=Cc1ccccc1S(=O)(=O)Nc1ccc2c(c1C(=O)O)CCCC2. The van der Waals surface area contributed by atoms with Crippen LogP contribution in [0.3, 0.4) is 0 Å². The maximum atomic E-state index is 13.2. The molecule has 2 aromatic rings. The summed E-state index contributed by atoms with van der Waals surface area (Å²) in [5.41, 5.74) is 2.49. The quantitative estimate of drug-likeness (QED) is 0.600. The lowest BCUT2D eigenvalue weighted by molar-refractivity contribution is 0.0696. The number of carboxylic acids is 1. The summed E-state index contributed by atoms with van der Waals surface area (Å²) in [6.45, 7) is 6.72. The van der Waals surface area contributed by atoms with Crippen LogP contribution >= 0.6 is 0 Å². The van der Waals surface area contributed by atoms with Crippen molar-refractivity contribution in [1.82, 2.24) is 4.90 Å². The highest BCUT2D eigenvalue weighted by Crippen LogP contribution is 2.31. The van der Waals surface area contributed by atoms with Gasteiger partial charge < -0.3 is 10.0 Å². The van der Waals surface area contributed by atoms with Gasteiger partial charge in [-0.15, -0.1) is 0 Å². The van der Waals surface area contributed by atoms with E-state index in [1.807, 2.05) is 12.1 Å². The van der Waals surface area contributed by atoms with Crippen LogP contribution in [-0.2, 0) is 22.9 Å². The van der Waals surface area contributed by atoms with Gasteiger partial charge in [0.15, 0.2) is 0 Å². The van der Waals surface area contributed by atoms with Crippen LogP contribution in [0.15, 0.2) is 47.4 Å². The van der Waals surface area contributed by atoms with Gasteiger partial charge in [-0.2, -0.15) is 0 Å². The molecular weight excluding hydrogens is 412 g/mol. The minimum atomic E-state index is -3.97. The lowest BCUT2D eigenvalue weighted by atomic mass is 9.87. The second-order valence-corrected chi connectivity index (χ2v) is 9.32. The predicted octanol–water partition coefficient (Wildman–Crippen LogP) is 4.42. The number of fused-ring (bicyclic) bond motifs is 1. The van der Waals surface area contributed by atoms with Crippen LogP contribution in [-0.4, -0.2) is 44.0 Å². The zero-order valence-corrected chi connectivity index (χ0v) is 18.9. The minimum Gasteiger partial charge on any atom is -0.478 e. The highest BCUT2D eigenvalue weighted by atomic mass is 32.2. The Labute approximate surface area is 184 Å². The van der Waals surface area contributed by atoms with Crippen molar-refractivity contribution in [2.75, 3.05) is 24.4 Å². The molecular formula is C24H30N2O4S. The molecule has 0 atom stereocenters. The monoisotopic (exact) mass is 442 g/mol. The molecule has 6 nitrogen and oxygen atoms in total. The lowest BCUT2D eigenvalue weighted by Crippen LogP contribution is -2.22. The van der Waals surface area contributed by atoms with Gasteiger partial charge in [0, 0.05) is 6.54 Å². The number of nitrogens with zero attached hydrogens (tertiary/aromatic N) is 1. The number of anilines is 1. The van der Waals surface area contributed by atoms with E-state index in [0.717, 1.165) is 50.0 Å². The van der Waals surface area contributed by atoms with Gasteiger partial charge in [0.1, 0.15) is 0 Å². The third kappa shape index (κ3) is 5.35. The van der Waals surface area contributed by atoms with E-state index in [1.54, 1.807) is 30.3 Å². The number of aryl methyl sites for hydroxylation is 1. The maximum Gasteiger partial charge on any atom is 0.338 e. The van der Waals surface area contributed by atoms with E-state index in [9.17, 15) is 18.3 Å². The Morgan fingerprint density at radius 2 is 1.81 bits per heavy atom. The van der Waals surface area contributed by atoms with Crippen molar-refractivity contribution in [3.05, 3.63) is 64.7 Å². The van der Waals surface area contributed by atoms with E-state index in [0.29, 0.717) is 12.0 Å². The number of sulfonamides is 1. The normalized spacial score (nSPS) is 14.0. The highest BCUT2D eigenvalue weighted by molar-refractivity contribution is 7.92. The molecule has 2 aromatic carbocycles. The molecule has 2 N–H and O–H groups in total. The molecule has 0 saturated heterocycles. The summed E-state index contributed by atoms with van der Waals surface area (Å²) in [7, 11) is -3.97. The minimum absolute atomic E-state index is 0.0651. The molecule has 166 valence electrons. The smallest absolute Gasteiger partial charge is 0.338 e. The van der Waals surface area contributed by atoms with Crippen molar-refractivity contribution in [3.8, 4) is 0 Å². The summed E-state index contributed by atoms with van der Waals surface area (Å²) in [5.74, 6) is -1.11. The van der Waals surface area contributed by atoms with E-state index in [-0.39, 0.29) is 16.1 Å². The average molecular weight is 443 g/mol. The molecule has 1 aliphatic rings. The summed E-state index contributed by atoms with van der Waals surface area (Å²) in [4.78, 5) is 14.3. The fraction of sp³-hybridized carbons (Fsp3) is 0.375. The van der Waals surface area contributed by atoms with Crippen molar-refractivity contribution in [3.63, 3.8) is 0 Å². The van der Waals surface area contributed by atoms with Crippen molar-refractivity contribution < 1.29 is 18.3 Å². The molecule has 0 spiro atoms. The molecule has 0 saturated carbocycles. The van der Waals surface area contributed by atoms with Gasteiger partial charge in [0.25, 0.3) is 10.0 Å². The third-order valence-corrected chi connectivity index (χ3v) is 7.19. The van der Waals surface area contributed by atoms with Crippen LogP contribution in [0.5, 0.6) is 0 Å². The first-order chi connectivity index (χ1) is 14.9. The van der Waals surface area contributed by atoms with Crippen molar-refractivity contribution in [1.29, 1.82) is 0 Å². The molecule has 0 aromatic heterocycles. The largest absolute Gasteiger partial charge is 0.478 e. The summed E-state index contributed by atoms with van der Waals surface area (Å²) in [6.07, 6.45) is 7.15. The number of hydrogen-bond donors (Lipinski definition) is 2. The van der Waals surface area contributed by atoms with Crippen LogP contribution in [0.2, 0.25) is 0 Å². The van der Waals surface area contributed by atoms with E-state index < -0.39 is 16.0 Å². The number of rotatable bonds is 9. The first-order valence-electron chi connectivity index (χ1n) is 10.8. The van der Waals surface area contributed by atoms with E-state index >= 15 is 0 Å². The van der Waals surface area contributed by atoms with Gasteiger partial charge in [-0.25, -0.2) is 13.2 Å². The molecule has 0 heterocycles. The van der Waals surface area contributed by atoms with E-state index in [2.05, 4.69) is 23.5 Å². The molecule has 0 radical (unpaired) electrons. The number of aromatic carboxylic acids is 1. The van der Waals surface area contributed by atoms with Crippen molar-refractivity contribution >= 4 is 27.8 Å². The highest BCUT2D eigenvalue weighted by Gasteiger charge is 2.25. The topological polar surface area (TPSA) is 86.7 Å². The molecule has 0 fully saturated rings. The molecule has 0 amide bonds.